The highest BCUT2D eigenvalue weighted by molar-refractivity contribution is 5.65. The summed E-state index contributed by atoms with van der Waals surface area (Å²) < 4.78 is 0. The third kappa shape index (κ3) is 2.80. The minimum atomic E-state index is 0.856. The van der Waals surface area contributed by atoms with E-state index in [-0.39, 0.29) is 0 Å². The Morgan fingerprint density at radius 2 is 1.67 bits per heavy atom. The second kappa shape index (κ2) is 6.06. The Balaban J connectivity index is 2.14. The maximum absolute atomic E-state index is 3.84. The van der Waals surface area contributed by atoms with Crippen molar-refractivity contribution in [2.75, 3.05) is 5.32 Å². The zero-order valence-electron chi connectivity index (χ0n) is 10.8. The topological polar surface area (TPSA) is 12.0 Å². The predicted octanol–water partition coefficient (Wildman–Crippen LogP) is 4.50. The molecule has 92 valence electrons. The smallest absolute Gasteiger partial charge is 0.0416 e. The summed E-state index contributed by atoms with van der Waals surface area (Å²) in [6, 6.07) is 16.8. The SMILES string of the molecule is C=Cc1ccccc1NCc1ccccc1CC. The third-order valence-electron chi connectivity index (χ3n) is 3.15. The van der Waals surface area contributed by atoms with E-state index in [4.69, 9.17) is 0 Å². The fourth-order valence-electron chi connectivity index (χ4n) is 2.10. The Hall–Kier alpha value is -2.02. The van der Waals surface area contributed by atoms with Gasteiger partial charge in [0.2, 0.25) is 0 Å². The first-order valence-corrected chi connectivity index (χ1v) is 6.37. The van der Waals surface area contributed by atoms with Crippen LogP contribution in [-0.2, 0) is 13.0 Å². The summed E-state index contributed by atoms with van der Waals surface area (Å²) in [5, 5.41) is 3.48. The molecular weight excluding hydrogens is 218 g/mol. The van der Waals surface area contributed by atoms with E-state index in [0.29, 0.717) is 0 Å². The zero-order valence-corrected chi connectivity index (χ0v) is 10.8. The summed E-state index contributed by atoms with van der Waals surface area (Å²) in [5.74, 6) is 0. The molecule has 2 aromatic carbocycles. The summed E-state index contributed by atoms with van der Waals surface area (Å²) in [4.78, 5) is 0. The van der Waals surface area contributed by atoms with Crippen molar-refractivity contribution >= 4 is 11.8 Å². The van der Waals surface area contributed by atoms with Gasteiger partial charge in [0.1, 0.15) is 0 Å². The molecule has 0 aliphatic rings. The summed E-state index contributed by atoms with van der Waals surface area (Å²) in [6.07, 6.45) is 2.95. The average Bonchev–Trinajstić information content (AvgIpc) is 2.45. The number of aryl methyl sites for hydroxylation is 1. The maximum Gasteiger partial charge on any atom is 0.0416 e. The molecule has 0 amide bonds. The molecule has 18 heavy (non-hydrogen) atoms. The molecule has 0 aliphatic carbocycles. The first-order valence-electron chi connectivity index (χ1n) is 6.37. The van der Waals surface area contributed by atoms with Crippen molar-refractivity contribution in [3.63, 3.8) is 0 Å². The fraction of sp³-hybridized carbons (Fsp3) is 0.176. The first-order chi connectivity index (χ1) is 8.85. The fourth-order valence-corrected chi connectivity index (χ4v) is 2.10. The molecule has 1 N–H and O–H groups in total. The van der Waals surface area contributed by atoms with Gasteiger partial charge in [-0.25, -0.2) is 0 Å². The lowest BCUT2D eigenvalue weighted by atomic mass is 10.1. The van der Waals surface area contributed by atoms with E-state index in [0.717, 1.165) is 24.2 Å². The van der Waals surface area contributed by atoms with Gasteiger partial charge < -0.3 is 5.32 Å². The minimum absolute atomic E-state index is 0.856. The Bertz CT molecular complexity index is 529. The van der Waals surface area contributed by atoms with Gasteiger partial charge in [-0.2, -0.15) is 0 Å². The van der Waals surface area contributed by atoms with Crippen molar-refractivity contribution in [1.82, 2.24) is 0 Å². The van der Waals surface area contributed by atoms with Crippen LogP contribution < -0.4 is 5.32 Å². The van der Waals surface area contributed by atoms with E-state index in [2.05, 4.69) is 55.2 Å². The van der Waals surface area contributed by atoms with E-state index in [9.17, 15) is 0 Å². The second-order valence-electron chi connectivity index (χ2n) is 4.27. The van der Waals surface area contributed by atoms with Crippen molar-refractivity contribution in [2.24, 2.45) is 0 Å². The number of para-hydroxylation sites is 1. The molecule has 0 aromatic heterocycles. The van der Waals surface area contributed by atoms with Crippen molar-refractivity contribution < 1.29 is 0 Å². The molecule has 2 aromatic rings. The molecule has 0 radical (unpaired) electrons. The van der Waals surface area contributed by atoms with Crippen LogP contribution in [0, 0.1) is 0 Å². The molecule has 0 heterocycles. The molecule has 0 unspecified atom stereocenters. The van der Waals surface area contributed by atoms with E-state index in [1.54, 1.807) is 0 Å². The molecule has 1 heteroatoms. The Morgan fingerprint density at radius 1 is 1.00 bits per heavy atom. The van der Waals surface area contributed by atoms with E-state index >= 15 is 0 Å². The molecule has 0 bridgehead atoms. The van der Waals surface area contributed by atoms with Gasteiger partial charge in [-0.1, -0.05) is 62.0 Å². The number of nitrogens with one attached hydrogen (secondary N) is 1. The summed E-state index contributed by atoms with van der Waals surface area (Å²) >= 11 is 0. The van der Waals surface area contributed by atoms with Crippen LogP contribution in [0.25, 0.3) is 6.08 Å². The minimum Gasteiger partial charge on any atom is -0.380 e. The van der Waals surface area contributed by atoms with Crippen LogP contribution in [0.15, 0.2) is 55.1 Å². The number of benzene rings is 2. The van der Waals surface area contributed by atoms with Gasteiger partial charge in [-0.05, 0) is 29.2 Å². The number of anilines is 1. The third-order valence-corrected chi connectivity index (χ3v) is 3.15. The number of hydrogen-bond acceptors (Lipinski definition) is 1. The molecule has 0 aliphatic heterocycles. The summed E-state index contributed by atoms with van der Waals surface area (Å²) in [6.45, 7) is 6.89. The zero-order chi connectivity index (χ0) is 12.8. The Kier molecular flexibility index (Phi) is 4.19. The Labute approximate surface area is 109 Å². The predicted molar refractivity (Wildman–Crippen MR) is 79.7 cm³/mol. The van der Waals surface area contributed by atoms with Crippen LogP contribution in [0.4, 0.5) is 5.69 Å². The first kappa shape index (κ1) is 12.4. The monoisotopic (exact) mass is 237 g/mol. The van der Waals surface area contributed by atoms with Gasteiger partial charge in [0.25, 0.3) is 0 Å². The van der Waals surface area contributed by atoms with Crippen molar-refractivity contribution in [3.05, 3.63) is 71.8 Å². The lowest BCUT2D eigenvalue weighted by molar-refractivity contribution is 1.04. The molecule has 0 fully saturated rings. The normalized spacial score (nSPS) is 10.1. The quantitative estimate of drug-likeness (QED) is 0.807. The van der Waals surface area contributed by atoms with Crippen LogP contribution in [0.2, 0.25) is 0 Å². The Morgan fingerprint density at radius 3 is 2.39 bits per heavy atom. The molecular formula is C17H19N. The van der Waals surface area contributed by atoms with Crippen molar-refractivity contribution in [3.8, 4) is 0 Å². The number of rotatable bonds is 5. The molecule has 0 saturated carbocycles. The maximum atomic E-state index is 3.84. The van der Waals surface area contributed by atoms with Gasteiger partial charge in [0.05, 0.1) is 0 Å². The lowest BCUT2D eigenvalue weighted by Crippen LogP contribution is -2.03. The summed E-state index contributed by atoms with van der Waals surface area (Å²) in [5.41, 5.74) is 5.05. The highest BCUT2D eigenvalue weighted by Gasteiger charge is 2.01. The molecule has 0 atom stereocenters. The van der Waals surface area contributed by atoms with E-state index < -0.39 is 0 Å². The van der Waals surface area contributed by atoms with Gasteiger partial charge in [0.15, 0.2) is 0 Å². The standard InChI is InChI=1S/C17H19N/c1-3-14-9-5-6-11-16(14)13-18-17-12-8-7-10-15(17)4-2/h4-12,18H,2-3,13H2,1H3. The molecule has 2 rings (SSSR count). The highest BCUT2D eigenvalue weighted by atomic mass is 14.9. The van der Waals surface area contributed by atoms with Gasteiger partial charge in [-0.3, -0.25) is 0 Å². The van der Waals surface area contributed by atoms with Crippen LogP contribution >= 0.6 is 0 Å². The van der Waals surface area contributed by atoms with Gasteiger partial charge in [-0.15, -0.1) is 0 Å². The van der Waals surface area contributed by atoms with Crippen LogP contribution in [0.5, 0.6) is 0 Å². The lowest BCUT2D eigenvalue weighted by Gasteiger charge is -2.12. The summed E-state index contributed by atoms with van der Waals surface area (Å²) in [7, 11) is 0. The highest BCUT2D eigenvalue weighted by Crippen LogP contribution is 2.18. The van der Waals surface area contributed by atoms with Crippen molar-refractivity contribution in [1.29, 1.82) is 0 Å². The van der Waals surface area contributed by atoms with Crippen LogP contribution in [0.3, 0.4) is 0 Å². The average molecular weight is 237 g/mol. The van der Waals surface area contributed by atoms with Crippen LogP contribution in [-0.4, -0.2) is 0 Å². The van der Waals surface area contributed by atoms with Crippen LogP contribution in [0.1, 0.15) is 23.6 Å². The van der Waals surface area contributed by atoms with Gasteiger partial charge in [0, 0.05) is 12.2 Å². The largest absolute Gasteiger partial charge is 0.380 e. The van der Waals surface area contributed by atoms with E-state index in [1.165, 1.54) is 11.1 Å². The number of hydrogen-bond donors (Lipinski definition) is 1. The molecule has 0 saturated heterocycles. The van der Waals surface area contributed by atoms with Crippen molar-refractivity contribution in [2.45, 2.75) is 19.9 Å². The van der Waals surface area contributed by atoms with Gasteiger partial charge >= 0.3 is 0 Å². The molecule has 1 nitrogen and oxygen atoms in total. The van der Waals surface area contributed by atoms with E-state index in [1.807, 2.05) is 18.2 Å². The molecule has 0 spiro atoms. The second-order valence-corrected chi connectivity index (χ2v) is 4.27.